The number of para-hydroxylation sites is 1. The zero-order chi connectivity index (χ0) is 16.7. The number of hydrogen-bond donors (Lipinski definition) is 1. The molecule has 4 heteroatoms. The van der Waals surface area contributed by atoms with Crippen molar-refractivity contribution in [3.05, 3.63) is 24.3 Å². The van der Waals surface area contributed by atoms with Crippen molar-refractivity contribution in [1.29, 1.82) is 0 Å². The number of rotatable bonds is 7. The zero-order valence-corrected chi connectivity index (χ0v) is 15.0. The lowest BCUT2D eigenvalue weighted by Gasteiger charge is -2.36. The second kappa shape index (κ2) is 8.53. The molecule has 0 radical (unpaired) electrons. The molecule has 0 aliphatic heterocycles. The van der Waals surface area contributed by atoms with Gasteiger partial charge in [-0.25, -0.2) is 0 Å². The number of nitrogens with one attached hydrogen (secondary N) is 1. The molecule has 3 nitrogen and oxygen atoms in total. The number of amides is 1. The molecule has 1 aromatic rings. The third-order valence-corrected chi connectivity index (χ3v) is 5.51. The lowest BCUT2D eigenvalue weighted by atomic mass is 9.69. The molecule has 0 atom stereocenters. The molecule has 1 amide bonds. The van der Waals surface area contributed by atoms with E-state index >= 15 is 0 Å². The molecular weight excluding hydrogens is 306 g/mol. The first-order valence-corrected chi connectivity index (χ1v) is 9.46. The van der Waals surface area contributed by atoms with Gasteiger partial charge in [0.15, 0.2) is 5.62 Å². The summed E-state index contributed by atoms with van der Waals surface area (Å²) in [4.78, 5) is 24.7. The fraction of sp³-hybridized carbons (Fsp3) is 0.579. The molecule has 1 saturated carbocycles. The van der Waals surface area contributed by atoms with E-state index in [0.717, 1.165) is 66.5 Å². The van der Waals surface area contributed by atoms with E-state index in [-0.39, 0.29) is 11.3 Å². The highest BCUT2D eigenvalue weighted by atomic mass is 32.2. The van der Waals surface area contributed by atoms with Crippen LogP contribution in [0, 0.1) is 11.3 Å². The van der Waals surface area contributed by atoms with Crippen molar-refractivity contribution in [3.63, 3.8) is 0 Å². The molecule has 1 aliphatic rings. The Kier molecular flexibility index (Phi) is 6.70. The van der Waals surface area contributed by atoms with Gasteiger partial charge >= 0.3 is 0 Å². The van der Waals surface area contributed by atoms with E-state index in [2.05, 4.69) is 19.2 Å². The normalized spacial score (nSPS) is 17.0. The standard InChI is InChI=1S/C19H27NO2S/c1-15(2)10-13-19(11-6-3-7-12-19)18(22)20-16-8-4-5-9-17(16)23-14-21/h4-5,8-9,14-15H,3,6-7,10-13H2,1-2H3,(H,20,22). The van der Waals surface area contributed by atoms with Gasteiger partial charge in [0.1, 0.15) is 0 Å². The summed E-state index contributed by atoms with van der Waals surface area (Å²) >= 11 is 1.11. The summed E-state index contributed by atoms with van der Waals surface area (Å²) in [6, 6.07) is 7.53. The molecule has 1 aliphatic carbocycles. The van der Waals surface area contributed by atoms with Crippen LogP contribution < -0.4 is 5.32 Å². The monoisotopic (exact) mass is 333 g/mol. The lowest BCUT2D eigenvalue weighted by Crippen LogP contribution is -2.38. The van der Waals surface area contributed by atoms with Crippen LogP contribution in [0.25, 0.3) is 0 Å². The van der Waals surface area contributed by atoms with Gasteiger partial charge < -0.3 is 5.32 Å². The second-order valence-electron chi connectivity index (χ2n) is 6.94. The van der Waals surface area contributed by atoms with Crippen molar-refractivity contribution >= 4 is 29.0 Å². The van der Waals surface area contributed by atoms with Crippen molar-refractivity contribution in [2.24, 2.45) is 11.3 Å². The Morgan fingerprint density at radius 1 is 1.26 bits per heavy atom. The number of anilines is 1. The van der Waals surface area contributed by atoms with Gasteiger partial charge in [-0.15, -0.1) is 0 Å². The molecule has 1 N–H and O–H groups in total. The Balaban J connectivity index is 2.16. The SMILES string of the molecule is CC(C)CCC1(C(=O)Nc2ccccc2SC=O)CCCCC1. The van der Waals surface area contributed by atoms with E-state index in [0.29, 0.717) is 5.92 Å². The highest BCUT2D eigenvalue weighted by Crippen LogP contribution is 2.42. The van der Waals surface area contributed by atoms with E-state index < -0.39 is 0 Å². The average molecular weight is 333 g/mol. The van der Waals surface area contributed by atoms with Crippen LogP contribution in [0.4, 0.5) is 5.69 Å². The predicted molar refractivity (Wildman–Crippen MR) is 97.3 cm³/mol. The van der Waals surface area contributed by atoms with Crippen LogP contribution in [-0.2, 0) is 9.59 Å². The van der Waals surface area contributed by atoms with Crippen LogP contribution >= 0.6 is 11.8 Å². The van der Waals surface area contributed by atoms with E-state index in [9.17, 15) is 9.59 Å². The number of carbonyl (C=O) groups is 2. The van der Waals surface area contributed by atoms with Crippen LogP contribution in [0.15, 0.2) is 29.2 Å². The molecule has 0 heterocycles. The first-order valence-electron chi connectivity index (χ1n) is 8.58. The molecule has 0 spiro atoms. The summed E-state index contributed by atoms with van der Waals surface area (Å²) in [6.45, 7) is 4.43. The Hall–Kier alpha value is -1.29. The summed E-state index contributed by atoms with van der Waals surface area (Å²) in [6.07, 6.45) is 7.50. The van der Waals surface area contributed by atoms with Crippen molar-refractivity contribution in [2.45, 2.75) is 63.7 Å². The third kappa shape index (κ3) is 4.84. The topological polar surface area (TPSA) is 46.2 Å². The summed E-state index contributed by atoms with van der Waals surface area (Å²) < 4.78 is 0. The number of thioether (sulfide) groups is 1. The van der Waals surface area contributed by atoms with E-state index in [1.165, 1.54) is 6.42 Å². The minimum atomic E-state index is -0.235. The van der Waals surface area contributed by atoms with Gasteiger partial charge in [0.25, 0.3) is 0 Å². The predicted octanol–water partition coefficient (Wildman–Crippen LogP) is 5.29. The molecule has 0 aromatic heterocycles. The second-order valence-corrected chi connectivity index (χ2v) is 7.81. The summed E-state index contributed by atoms with van der Waals surface area (Å²) in [5.41, 5.74) is 1.32. The Bertz CT molecular complexity index is 536. The van der Waals surface area contributed by atoms with Gasteiger partial charge in [-0.1, -0.05) is 57.0 Å². The van der Waals surface area contributed by atoms with Gasteiger partial charge in [-0.3, -0.25) is 9.59 Å². The van der Waals surface area contributed by atoms with Crippen molar-refractivity contribution in [2.75, 3.05) is 5.32 Å². The van der Waals surface area contributed by atoms with Crippen molar-refractivity contribution in [3.8, 4) is 0 Å². The van der Waals surface area contributed by atoms with Gasteiger partial charge in [-0.05, 0) is 43.7 Å². The van der Waals surface area contributed by atoms with E-state index in [1.54, 1.807) is 0 Å². The van der Waals surface area contributed by atoms with Gasteiger partial charge in [-0.2, -0.15) is 0 Å². The number of benzene rings is 1. The van der Waals surface area contributed by atoms with Crippen LogP contribution in [-0.4, -0.2) is 11.5 Å². The van der Waals surface area contributed by atoms with Crippen LogP contribution in [0.2, 0.25) is 0 Å². The minimum absolute atomic E-state index is 0.136. The van der Waals surface area contributed by atoms with E-state index in [1.807, 2.05) is 24.3 Å². The molecule has 0 saturated heterocycles. The number of hydrogen-bond acceptors (Lipinski definition) is 3. The fourth-order valence-electron chi connectivity index (χ4n) is 3.36. The molecular formula is C19H27NO2S. The maximum absolute atomic E-state index is 13.0. The smallest absolute Gasteiger partial charge is 0.230 e. The average Bonchev–Trinajstić information content (AvgIpc) is 2.56. The maximum atomic E-state index is 13.0. The summed E-state index contributed by atoms with van der Waals surface area (Å²) in [7, 11) is 0. The first kappa shape index (κ1) is 18.1. The molecule has 0 bridgehead atoms. The number of carbonyl (C=O) groups excluding carboxylic acids is 2. The van der Waals surface area contributed by atoms with Crippen molar-refractivity contribution in [1.82, 2.24) is 0 Å². The Labute approximate surface area is 143 Å². The van der Waals surface area contributed by atoms with Gasteiger partial charge in [0, 0.05) is 10.3 Å². The fourth-order valence-corrected chi connectivity index (χ4v) is 3.87. The first-order chi connectivity index (χ1) is 11.1. The molecule has 2 rings (SSSR count). The molecule has 1 aromatic carbocycles. The minimum Gasteiger partial charge on any atom is -0.325 e. The summed E-state index contributed by atoms with van der Waals surface area (Å²) in [5, 5.41) is 3.11. The lowest BCUT2D eigenvalue weighted by molar-refractivity contribution is -0.128. The van der Waals surface area contributed by atoms with Crippen LogP contribution in [0.5, 0.6) is 0 Å². The highest BCUT2D eigenvalue weighted by molar-refractivity contribution is 8.12. The summed E-state index contributed by atoms with van der Waals surface area (Å²) in [5.74, 6) is 0.747. The Morgan fingerprint density at radius 3 is 2.61 bits per heavy atom. The third-order valence-electron chi connectivity index (χ3n) is 4.80. The molecule has 126 valence electrons. The highest BCUT2D eigenvalue weighted by Gasteiger charge is 2.39. The molecule has 1 fully saturated rings. The van der Waals surface area contributed by atoms with Crippen LogP contribution in [0.3, 0.4) is 0 Å². The van der Waals surface area contributed by atoms with Crippen molar-refractivity contribution < 1.29 is 9.59 Å². The van der Waals surface area contributed by atoms with E-state index in [4.69, 9.17) is 0 Å². The largest absolute Gasteiger partial charge is 0.325 e. The Morgan fingerprint density at radius 2 is 1.96 bits per heavy atom. The van der Waals surface area contributed by atoms with Gasteiger partial charge in [0.2, 0.25) is 5.91 Å². The maximum Gasteiger partial charge on any atom is 0.230 e. The molecule has 0 unspecified atom stereocenters. The molecule has 23 heavy (non-hydrogen) atoms. The van der Waals surface area contributed by atoms with Crippen LogP contribution in [0.1, 0.15) is 58.8 Å². The zero-order valence-electron chi connectivity index (χ0n) is 14.1. The quantitative estimate of drug-likeness (QED) is 0.544. The van der Waals surface area contributed by atoms with Gasteiger partial charge in [0.05, 0.1) is 5.69 Å².